The Morgan fingerprint density at radius 3 is 2.33 bits per heavy atom. The van der Waals surface area contributed by atoms with Gasteiger partial charge in [-0.1, -0.05) is 6.92 Å². The van der Waals surface area contributed by atoms with Crippen LogP contribution in [0, 0.1) is 5.92 Å². The van der Waals surface area contributed by atoms with Crippen LogP contribution in [0.25, 0.3) is 0 Å². The summed E-state index contributed by atoms with van der Waals surface area (Å²) in [5.41, 5.74) is 1.84. The Labute approximate surface area is 127 Å². The fraction of sp³-hybridized carbons (Fsp3) is 0.588. The molecule has 2 rings (SSSR count). The molecule has 116 valence electrons. The van der Waals surface area contributed by atoms with Crippen LogP contribution < -0.4 is 4.90 Å². The van der Waals surface area contributed by atoms with Gasteiger partial charge in [-0.15, -0.1) is 0 Å². The molecule has 1 fully saturated rings. The van der Waals surface area contributed by atoms with Gasteiger partial charge in [0.05, 0.1) is 6.10 Å². The lowest BCUT2D eigenvalue weighted by atomic mass is 9.90. The van der Waals surface area contributed by atoms with Gasteiger partial charge in [0.15, 0.2) is 0 Å². The van der Waals surface area contributed by atoms with Gasteiger partial charge in [-0.25, -0.2) is 0 Å². The summed E-state index contributed by atoms with van der Waals surface area (Å²) < 4.78 is 0. The van der Waals surface area contributed by atoms with Crippen LogP contribution in [0.15, 0.2) is 24.3 Å². The molecule has 0 aliphatic carbocycles. The second-order valence-corrected chi connectivity index (χ2v) is 6.05. The normalized spacial score (nSPS) is 17.6. The van der Waals surface area contributed by atoms with Crippen LogP contribution in [0.5, 0.6) is 0 Å². The number of hydrogen-bond donors (Lipinski definition) is 1. The number of nitrogens with zero attached hydrogens (tertiary/aromatic N) is 2. The fourth-order valence-electron chi connectivity index (χ4n) is 2.91. The summed E-state index contributed by atoms with van der Waals surface area (Å²) in [4.78, 5) is 16.4. The SMILES string of the molecule is CCC(O)C1CCN(C(=O)c2ccc(N(C)C)cc2)CC1. The third kappa shape index (κ3) is 3.76. The van der Waals surface area contributed by atoms with Crippen LogP contribution in [0.4, 0.5) is 5.69 Å². The van der Waals surface area contributed by atoms with Crippen LogP contribution in [0.3, 0.4) is 0 Å². The van der Waals surface area contributed by atoms with Crippen molar-refractivity contribution in [3.8, 4) is 0 Å². The van der Waals surface area contributed by atoms with E-state index in [1.807, 2.05) is 55.1 Å². The van der Waals surface area contributed by atoms with Crippen LogP contribution in [0.2, 0.25) is 0 Å². The predicted octanol–water partition coefficient (Wildman–Crippen LogP) is 2.38. The average molecular weight is 290 g/mol. The number of rotatable bonds is 4. The predicted molar refractivity (Wildman–Crippen MR) is 85.7 cm³/mol. The van der Waals surface area contributed by atoms with Gasteiger partial charge < -0.3 is 14.9 Å². The molecule has 0 radical (unpaired) electrons. The van der Waals surface area contributed by atoms with Gasteiger partial charge in [0, 0.05) is 38.4 Å². The highest BCUT2D eigenvalue weighted by molar-refractivity contribution is 5.94. The van der Waals surface area contributed by atoms with Crippen molar-refractivity contribution in [3.63, 3.8) is 0 Å². The highest BCUT2D eigenvalue weighted by Crippen LogP contribution is 2.24. The molecule has 0 spiro atoms. The van der Waals surface area contributed by atoms with Crippen molar-refractivity contribution in [2.24, 2.45) is 5.92 Å². The topological polar surface area (TPSA) is 43.8 Å². The average Bonchev–Trinajstić information content (AvgIpc) is 2.53. The zero-order valence-electron chi connectivity index (χ0n) is 13.2. The van der Waals surface area contributed by atoms with Crippen LogP contribution in [-0.4, -0.2) is 49.2 Å². The lowest BCUT2D eigenvalue weighted by Gasteiger charge is -2.34. The maximum atomic E-state index is 12.5. The van der Waals surface area contributed by atoms with Gasteiger partial charge >= 0.3 is 0 Å². The first kappa shape index (κ1) is 15.8. The molecular formula is C17H26N2O2. The van der Waals surface area contributed by atoms with Gasteiger partial charge in [0.2, 0.25) is 0 Å². The van der Waals surface area contributed by atoms with E-state index in [4.69, 9.17) is 0 Å². The Morgan fingerprint density at radius 1 is 1.29 bits per heavy atom. The second-order valence-electron chi connectivity index (χ2n) is 6.05. The number of carbonyl (C=O) groups excluding carboxylic acids is 1. The highest BCUT2D eigenvalue weighted by Gasteiger charge is 2.27. The molecule has 0 aromatic heterocycles. The summed E-state index contributed by atoms with van der Waals surface area (Å²) in [6.07, 6.45) is 2.37. The molecule has 1 aromatic rings. The summed E-state index contributed by atoms with van der Waals surface area (Å²) in [7, 11) is 3.97. The number of amides is 1. The Bertz CT molecular complexity index is 462. The molecule has 1 amide bonds. The van der Waals surface area contributed by atoms with Crippen LogP contribution >= 0.6 is 0 Å². The number of benzene rings is 1. The van der Waals surface area contributed by atoms with Crippen molar-refractivity contribution in [2.45, 2.75) is 32.3 Å². The zero-order chi connectivity index (χ0) is 15.4. The molecule has 1 N–H and O–H groups in total. The maximum Gasteiger partial charge on any atom is 0.253 e. The number of aliphatic hydroxyl groups is 1. The molecule has 1 aliphatic rings. The highest BCUT2D eigenvalue weighted by atomic mass is 16.3. The number of hydrogen-bond acceptors (Lipinski definition) is 3. The number of carbonyl (C=O) groups is 1. The second kappa shape index (κ2) is 6.94. The Kier molecular flexibility index (Phi) is 5.23. The molecule has 1 aromatic carbocycles. The van der Waals surface area contributed by atoms with E-state index in [0.717, 1.165) is 43.6 Å². The first-order valence-corrected chi connectivity index (χ1v) is 7.77. The molecular weight excluding hydrogens is 264 g/mol. The molecule has 21 heavy (non-hydrogen) atoms. The molecule has 0 saturated carbocycles. The molecule has 1 aliphatic heterocycles. The summed E-state index contributed by atoms with van der Waals surface area (Å²) >= 11 is 0. The minimum Gasteiger partial charge on any atom is -0.393 e. The van der Waals surface area contributed by atoms with E-state index >= 15 is 0 Å². The molecule has 1 saturated heterocycles. The Morgan fingerprint density at radius 2 is 1.86 bits per heavy atom. The van der Waals surface area contributed by atoms with E-state index < -0.39 is 0 Å². The largest absolute Gasteiger partial charge is 0.393 e. The fourth-order valence-corrected chi connectivity index (χ4v) is 2.91. The van der Waals surface area contributed by atoms with Crippen molar-refractivity contribution in [2.75, 3.05) is 32.1 Å². The van der Waals surface area contributed by atoms with Gasteiger partial charge in [0.25, 0.3) is 5.91 Å². The summed E-state index contributed by atoms with van der Waals surface area (Å²) in [5, 5.41) is 9.90. The lowest BCUT2D eigenvalue weighted by molar-refractivity contribution is 0.0454. The number of anilines is 1. The monoisotopic (exact) mass is 290 g/mol. The maximum absolute atomic E-state index is 12.5. The van der Waals surface area contributed by atoms with E-state index in [0.29, 0.717) is 5.92 Å². The quantitative estimate of drug-likeness (QED) is 0.926. The minimum atomic E-state index is -0.221. The molecule has 1 unspecified atom stereocenters. The van der Waals surface area contributed by atoms with E-state index in [1.165, 1.54) is 0 Å². The van der Waals surface area contributed by atoms with Crippen molar-refractivity contribution in [1.82, 2.24) is 4.90 Å². The first-order chi connectivity index (χ1) is 10.0. The van der Waals surface area contributed by atoms with E-state index in [2.05, 4.69) is 0 Å². The minimum absolute atomic E-state index is 0.102. The van der Waals surface area contributed by atoms with E-state index in [9.17, 15) is 9.90 Å². The van der Waals surface area contributed by atoms with Crippen LogP contribution in [-0.2, 0) is 0 Å². The molecule has 1 heterocycles. The van der Waals surface area contributed by atoms with Gasteiger partial charge in [-0.3, -0.25) is 4.79 Å². The lowest BCUT2D eigenvalue weighted by Crippen LogP contribution is -2.41. The molecule has 4 heteroatoms. The molecule has 0 bridgehead atoms. The number of piperidine rings is 1. The Hall–Kier alpha value is -1.55. The molecule has 4 nitrogen and oxygen atoms in total. The summed E-state index contributed by atoms with van der Waals surface area (Å²) in [6.45, 7) is 3.50. The third-order valence-electron chi connectivity index (χ3n) is 4.42. The third-order valence-corrected chi connectivity index (χ3v) is 4.42. The number of aliphatic hydroxyl groups excluding tert-OH is 1. The van der Waals surface area contributed by atoms with E-state index in [-0.39, 0.29) is 12.0 Å². The molecule has 1 atom stereocenters. The van der Waals surface area contributed by atoms with Gasteiger partial charge in [0.1, 0.15) is 0 Å². The van der Waals surface area contributed by atoms with Crippen molar-refractivity contribution in [3.05, 3.63) is 29.8 Å². The first-order valence-electron chi connectivity index (χ1n) is 7.77. The zero-order valence-corrected chi connectivity index (χ0v) is 13.2. The van der Waals surface area contributed by atoms with Crippen molar-refractivity contribution >= 4 is 11.6 Å². The van der Waals surface area contributed by atoms with Gasteiger partial charge in [-0.05, 0) is 49.4 Å². The standard InChI is InChI=1S/C17H26N2O2/c1-4-16(20)13-9-11-19(12-10-13)17(21)14-5-7-15(8-6-14)18(2)3/h5-8,13,16,20H,4,9-12H2,1-3H3. The van der Waals surface area contributed by atoms with Crippen molar-refractivity contribution < 1.29 is 9.90 Å². The Balaban J connectivity index is 1.95. The van der Waals surface area contributed by atoms with Gasteiger partial charge in [-0.2, -0.15) is 0 Å². The summed E-state index contributed by atoms with van der Waals surface area (Å²) in [6, 6.07) is 7.73. The smallest absolute Gasteiger partial charge is 0.253 e. The van der Waals surface area contributed by atoms with Crippen LogP contribution in [0.1, 0.15) is 36.5 Å². The van der Waals surface area contributed by atoms with E-state index in [1.54, 1.807) is 0 Å². The van der Waals surface area contributed by atoms with Crippen molar-refractivity contribution in [1.29, 1.82) is 0 Å². The number of likely N-dealkylation sites (tertiary alicyclic amines) is 1. The summed E-state index contributed by atoms with van der Waals surface area (Å²) in [5.74, 6) is 0.444.